The van der Waals surface area contributed by atoms with Crippen molar-refractivity contribution in [2.24, 2.45) is 5.92 Å². The predicted octanol–water partition coefficient (Wildman–Crippen LogP) is 6.20. The Kier molecular flexibility index (Phi) is 5.56. The van der Waals surface area contributed by atoms with E-state index in [1.54, 1.807) is 6.07 Å². The van der Waals surface area contributed by atoms with Crippen molar-refractivity contribution in [1.29, 1.82) is 5.26 Å². The average molecular weight is 355 g/mol. The van der Waals surface area contributed by atoms with Gasteiger partial charge in [-0.2, -0.15) is 5.26 Å². The number of rotatable bonds is 4. The van der Waals surface area contributed by atoms with E-state index in [0.717, 1.165) is 12.0 Å². The van der Waals surface area contributed by atoms with Gasteiger partial charge in [0.25, 0.3) is 0 Å². The van der Waals surface area contributed by atoms with Crippen LogP contribution in [0, 0.1) is 28.9 Å². The van der Waals surface area contributed by atoms with E-state index in [-0.39, 0.29) is 11.3 Å². The molecular formula is C22H23F2NO. The first-order valence-electron chi connectivity index (χ1n) is 9.15. The molecule has 1 aliphatic carbocycles. The summed E-state index contributed by atoms with van der Waals surface area (Å²) < 4.78 is 33.6. The van der Waals surface area contributed by atoms with Gasteiger partial charge in [0, 0.05) is 6.07 Å². The standard InChI is InChI=1S/C22H23F2NO/c1-3-14-4-6-15(7-5-14)16-8-10-17(11-9-16)21-20(26-2)12-19(23)18(13-25)22(21)24/h8-12,14-15H,3-7H2,1-2H3/t14-,15-. The monoisotopic (exact) mass is 355 g/mol. The Labute approximate surface area is 153 Å². The van der Waals surface area contributed by atoms with Gasteiger partial charge in [-0.15, -0.1) is 0 Å². The van der Waals surface area contributed by atoms with Crippen LogP contribution in [0.4, 0.5) is 8.78 Å². The van der Waals surface area contributed by atoms with Crippen molar-refractivity contribution in [3.05, 3.63) is 53.1 Å². The van der Waals surface area contributed by atoms with Crippen LogP contribution in [0.5, 0.6) is 5.75 Å². The fourth-order valence-electron chi connectivity index (χ4n) is 3.96. The first kappa shape index (κ1) is 18.4. The fourth-order valence-corrected chi connectivity index (χ4v) is 3.96. The highest BCUT2D eigenvalue weighted by Gasteiger charge is 2.23. The van der Waals surface area contributed by atoms with Gasteiger partial charge in [-0.3, -0.25) is 0 Å². The number of halogens is 2. The van der Waals surface area contributed by atoms with Crippen LogP contribution in [0.25, 0.3) is 11.1 Å². The number of methoxy groups -OCH3 is 1. The number of benzene rings is 2. The maximum absolute atomic E-state index is 14.7. The van der Waals surface area contributed by atoms with Crippen molar-refractivity contribution in [3.63, 3.8) is 0 Å². The van der Waals surface area contributed by atoms with E-state index in [9.17, 15) is 8.78 Å². The summed E-state index contributed by atoms with van der Waals surface area (Å²) in [6, 6.07) is 10.4. The average Bonchev–Trinajstić information content (AvgIpc) is 2.68. The number of nitriles is 1. The third-order valence-electron chi connectivity index (χ3n) is 5.61. The minimum atomic E-state index is -0.907. The van der Waals surface area contributed by atoms with E-state index in [4.69, 9.17) is 10.00 Å². The topological polar surface area (TPSA) is 33.0 Å². The van der Waals surface area contributed by atoms with Gasteiger partial charge in [-0.1, -0.05) is 37.6 Å². The maximum atomic E-state index is 14.7. The number of hydrogen-bond acceptors (Lipinski definition) is 2. The summed E-state index contributed by atoms with van der Waals surface area (Å²) in [6.45, 7) is 2.25. The molecule has 0 heterocycles. The highest BCUT2D eigenvalue weighted by molar-refractivity contribution is 5.73. The molecule has 1 saturated carbocycles. The summed E-state index contributed by atoms with van der Waals surface area (Å²) in [5.41, 5.74) is 1.39. The van der Waals surface area contributed by atoms with Gasteiger partial charge >= 0.3 is 0 Å². The predicted molar refractivity (Wildman–Crippen MR) is 98.1 cm³/mol. The zero-order valence-electron chi connectivity index (χ0n) is 15.2. The molecule has 136 valence electrons. The molecule has 2 nitrogen and oxygen atoms in total. The molecule has 26 heavy (non-hydrogen) atoms. The lowest BCUT2D eigenvalue weighted by molar-refractivity contribution is 0.319. The highest BCUT2D eigenvalue weighted by atomic mass is 19.1. The van der Waals surface area contributed by atoms with Gasteiger partial charge < -0.3 is 4.74 Å². The zero-order chi connectivity index (χ0) is 18.7. The summed E-state index contributed by atoms with van der Waals surface area (Å²) >= 11 is 0. The SMILES string of the molecule is CC[C@H]1CC[C@H](c2ccc(-c3c(OC)cc(F)c(C#N)c3F)cc2)CC1. The van der Waals surface area contributed by atoms with E-state index < -0.39 is 17.2 Å². The second kappa shape index (κ2) is 7.86. The number of ether oxygens (including phenoxy) is 1. The van der Waals surface area contributed by atoms with Gasteiger partial charge in [0.2, 0.25) is 0 Å². The zero-order valence-corrected chi connectivity index (χ0v) is 15.2. The molecule has 0 radical (unpaired) electrons. The minimum absolute atomic E-state index is 0.0928. The Balaban J connectivity index is 1.91. The lowest BCUT2D eigenvalue weighted by atomic mass is 9.77. The number of nitrogens with zero attached hydrogens (tertiary/aromatic N) is 1. The molecule has 2 aromatic carbocycles. The van der Waals surface area contributed by atoms with Crippen molar-refractivity contribution in [2.75, 3.05) is 7.11 Å². The van der Waals surface area contributed by atoms with Crippen LogP contribution < -0.4 is 4.74 Å². The van der Waals surface area contributed by atoms with Crippen molar-refractivity contribution >= 4 is 0 Å². The van der Waals surface area contributed by atoms with Crippen molar-refractivity contribution < 1.29 is 13.5 Å². The van der Waals surface area contributed by atoms with Crippen LogP contribution in [0.15, 0.2) is 30.3 Å². The van der Waals surface area contributed by atoms with Gasteiger partial charge in [-0.25, -0.2) is 8.78 Å². The highest BCUT2D eigenvalue weighted by Crippen LogP contribution is 2.39. The quantitative estimate of drug-likeness (QED) is 0.654. The van der Waals surface area contributed by atoms with E-state index in [0.29, 0.717) is 11.5 Å². The van der Waals surface area contributed by atoms with E-state index in [1.165, 1.54) is 44.8 Å². The van der Waals surface area contributed by atoms with Gasteiger partial charge in [0.1, 0.15) is 23.2 Å². The summed E-state index contributed by atoms with van der Waals surface area (Å²) in [7, 11) is 1.37. The Morgan fingerprint density at radius 3 is 2.31 bits per heavy atom. The summed E-state index contributed by atoms with van der Waals surface area (Å²) in [4.78, 5) is 0. The van der Waals surface area contributed by atoms with Crippen LogP contribution in [0.3, 0.4) is 0 Å². The van der Waals surface area contributed by atoms with Crippen LogP contribution >= 0.6 is 0 Å². The van der Waals surface area contributed by atoms with Gasteiger partial charge in [0.15, 0.2) is 5.82 Å². The Morgan fingerprint density at radius 1 is 1.12 bits per heavy atom. The smallest absolute Gasteiger partial charge is 0.155 e. The molecule has 4 heteroatoms. The Bertz CT molecular complexity index is 816. The van der Waals surface area contributed by atoms with Crippen molar-refractivity contribution in [1.82, 2.24) is 0 Å². The molecule has 0 unspecified atom stereocenters. The largest absolute Gasteiger partial charge is 0.496 e. The fraction of sp³-hybridized carbons (Fsp3) is 0.409. The molecule has 1 aliphatic rings. The molecule has 0 spiro atoms. The molecule has 0 N–H and O–H groups in total. The molecule has 1 fully saturated rings. The van der Waals surface area contributed by atoms with Gasteiger partial charge in [0.05, 0.1) is 12.7 Å². The van der Waals surface area contributed by atoms with Crippen LogP contribution in [0.1, 0.15) is 56.1 Å². The van der Waals surface area contributed by atoms with Crippen molar-refractivity contribution in [2.45, 2.75) is 44.9 Å². The molecule has 2 aromatic rings. The van der Waals surface area contributed by atoms with E-state index in [2.05, 4.69) is 6.92 Å². The molecular weight excluding hydrogens is 332 g/mol. The second-order valence-corrected chi connectivity index (χ2v) is 6.98. The number of hydrogen-bond donors (Lipinski definition) is 0. The molecule has 0 bridgehead atoms. The normalized spacial score (nSPS) is 19.8. The molecule has 3 rings (SSSR count). The summed E-state index contributed by atoms with van der Waals surface area (Å²) in [5.74, 6) is -0.306. The first-order chi connectivity index (χ1) is 12.6. The third-order valence-corrected chi connectivity index (χ3v) is 5.61. The van der Waals surface area contributed by atoms with Crippen LogP contribution in [0.2, 0.25) is 0 Å². The second-order valence-electron chi connectivity index (χ2n) is 6.98. The molecule has 0 saturated heterocycles. The molecule has 0 atom stereocenters. The van der Waals surface area contributed by atoms with Crippen LogP contribution in [-0.2, 0) is 0 Å². The molecule has 0 aliphatic heterocycles. The summed E-state index contributed by atoms with van der Waals surface area (Å²) in [5, 5.41) is 9.02. The van der Waals surface area contributed by atoms with Gasteiger partial charge in [-0.05, 0) is 48.6 Å². The van der Waals surface area contributed by atoms with E-state index in [1.807, 2.05) is 24.3 Å². The maximum Gasteiger partial charge on any atom is 0.155 e. The lowest BCUT2D eigenvalue weighted by Gasteiger charge is -2.28. The third kappa shape index (κ3) is 3.44. The van der Waals surface area contributed by atoms with Crippen LogP contribution in [-0.4, -0.2) is 7.11 Å². The Morgan fingerprint density at radius 2 is 1.77 bits per heavy atom. The summed E-state index contributed by atoms with van der Waals surface area (Å²) in [6.07, 6.45) is 6.13. The minimum Gasteiger partial charge on any atom is -0.496 e. The first-order valence-corrected chi connectivity index (χ1v) is 9.15. The van der Waals surface area contributed by atoms with E-state index >= 15 is 0 Å². The molecule has 0 aromatic heterocycles. The lowest BCUT2D eigenvalue weighted by Crippen LogP contribution is -2.12. The van der Waals surface area contributed by atoms with Crippen molar-refractivity contribution in [3.8, 4) is 22.9 Å². The Hall–Kier alpha value is -2.41. The molecule has 0 amide bonds.